The minimum atomic E-state index is -0.817. The second-order valence-electron chi connectivity index (χ2n) is 5.79. The number of carbonyl (C=O) groups excluding carboxylic acids is 2. The molecule has 1 saturated heterocycles. The second kappa shape index (κ2) is 4.93. The van der Waals surface area contributed by atoms with Crippen molar-refractivity contribution in [2.24, 2.45) is 0 Å². The van der Waals surface area contributed by atoms with E-state index in [1.807, 2.05) is 39.0 Å². The summed E-state index contributed by atoms with van der Waals surface area (Å²) in [5.74, 6) is -0.150. The van der Waals surface area contributed by atoms with Gasteiger partial charge in [-0.15, -0.1) is 0 Å². The molecule has 2 amide bonds. The van der Waals surface area contributed by atoms with E-state index in [9.17, 15) is 9.59 Å². The third kappa shape index (κ3) is 2.19. The van der Waals surface area contributed by atoms with Gasteiger partial charge in [-0.2, -0.15) is 0 Å². The van der Waals surface area contributed by atoms with E-state index < -0.39 is 11.6 Å². The summed E-state index contributed by atoms with van der Waals surface area (Å²) in [6.07, 6.45) is 0.575. The van der Waals surface area contributed by atoms with Crippen molar-refractivity contribution in [3.8, 4) is 0 Å². The third-order valence-electron chi connectivity index (χ3n) is 4.33. The van der Waals surface area contributed by atoms with Gasteiger partial charge in [-0.3, -0.25) is 14.5 Å². The summed E-state index contributed by atoms with van der Waals surface area (Å²) in [5, 5.41) is 2.84. The fourth-order valence-electron chi connectivity index (χ4n) is 2.44. The maximum absolute atomic E-state index is 12.7. The van der Waals surface area contributed by atoms with Crippen LogP contribution < -0.4 is 10.2 Å². The highest BCUT2D eigenvalue weighted by Gasteiger charge is 2.45. The van der Waals surface area contributed by atoms with Crippen LogP contribution in [0.5, 0.6) is 0 Å². The van der Waals surface area contributed by atoms with Crippen LogP contribution in [0.2, 0.25) is 0 Å². The van der Waals surface area contributed by atoms with Crippen LogP contribution in [-0.4, -0.2) is 23.4 Å². The number of hydrogen-bond acceptors (Lipinski definition) is 2. The maximum Gasteiger partial charge on any atom is 0.253 e. The summed E-state index contributed by atoms with van der Waals surface area (Å²) in [6, 6.07) is 5.38. The molecule has 0 spiro atoms. The highest BCUT2D eigenvalue weighted by Crippen LogP contribution is 2.28. The molecule has 4 heteroatoms. The molecule has 1 aromatic carbocycles. The lowest BCUT2D eigenvalue weighted by Gasteiger charge is -2.43. The van der Waals surface area contributed by atoms with Crippen molar-refractivity contribution in [1.29, 1.82) is 0 Å². The standard InChI is InChI=1S/C16H22N2O2/c1-6-16(5)15(20)18(12(4)14(19)17-16)13-8-7-10(2)11(3)9-13/h7-9,12H,6H2,1-5H3,(H,17,19). The number of anilines is 1. The number of rotatable bonds is 2. The molecule has 0 radical (unpaired) electrons. The second-order valence-corrected chi connectivity index (χ2v) is 5.79. The summed E-state index contributed by atoms with van der Waals surface area (Å²) < 4.78 is 0. The average molecular weight is 274 g/mol. The number of benzene rings is 1. The first kappa shape index (κ1) is 14.6. The fourth-order valence-corrected chi connectivity index (χ4v) is 2.44. The molecular weight excluding hydrogens is 252 g/mol. The Kier molecular flexibility index (Phi) is 3.59. The molecule has 1 aliphatic heterocycles. The van der Waals surface area contributed by atoms with Crippen LogP contribution in [0.4, 0.5) is 5.69 Å². The van der Waals surface area contributed by atoms with Gasteiger partial charge in [-0.25, -0.2) is 0 Å². The molecule has 0 aromatic heterocycles. The molecule has 1 aliphatic rings. The van der Waals surface area contributed by atoms with Crippen LogP contribution in [0.15, 0.2) is 18.2 Å². The molecule has 2 unspecified atom stereocenters. The average Bonchev–Trinajstić information content (AvgIpc) is 2.41. The first-order valence-corrected chi connectivity index (χ1v) is 7.03. The maximum atomic E-state index is 12.7. The quantitative estimate of drug-likeness (QED) is 0.899. The van der Waals surface area contributed by atoms with Crippen molar-refractivity contribution >= 4 is 17.5 Å². The van der Waals surface area contributed by atoms with E-state index in [2.05, 4.69) is 5.32 Å². The molecule has 1 N–H and O–H groups in total. The summed E-state index contributed by atoms with van der Waals surface area (Å²) in [5.41, 5.74) is 2.27. The van der Waals surface area contributed by atoms with E-state index in [0.29, 0.717) is 6.42 Å². The summed E-state index contributed by atoms with van der Waals surface area (Å²) in [6.45, 7) is 9.50. The van der Waals surface area contributed by atoms with Gasteiger partial charge in [0.25, 0.3) is 5.91 Å². The van der Waals surface area contributed by atoms with Crippen LogP contribution in [0.3, 0.4) is 0 Å². The zero-order valence-electron chi connectivity index (χ0n) is 12.8. The zero-order valence-corrected chi connectivity index (χ0v) is 12.8. The van der Waals surface area contributed by atoms with Crippen molar-refractivity contribution in [2.45, 2.75) is 52.6 Å². The smallest absolute Gasteiger partial charge is 0.253 e. The topological polar surface area (TPSA) is 49.4 Å². The van der Waals surface area contributed by atoms with Crippen molar-refractivity contribution in [3.63, 3.8) is 0 Å². The molecule has 2 atom stereocenters. The van der Waals surface area contributed by atoms with Crippen LogP contribution in [0.25, 0.3) is 0 Å². The lowest BCUT2D eigenvalue weighted by molar-refractivity contribution is -0.137. The lowest BCUT2D eigenvalue weighted by atomic mass is 9.91. The van der Waals surface area contributed by atoms with Gasteiger partial charge in [0.2, 0.25) is 5.91 Å². The van der Waals surface area contributed by atoms with E-state index in [0.717, 1.165) is 11.3 Å². The molecule has 1 heterocycles. The van der Waals surface area contributed by atoms with Crippen molar-refractivity contribution < 1.29 is 9.59 Å². The molecule has 0 aliphatic carbocycles. The molecular formula is C16H22N2O2. The highest BCUT2D eigenvalue weighted by molar-refractivity contribution is 6.10. The first-order chi connectivity index (χ1) is 9.30. The van der Waals surface area contributed by atoms with Crippen LogP contribution in [0.1, 0.15) is 38.3 Å². The number of carbonyl (C=O) groups is 2. The van der Waals surface area contributed by atoms with Gasteiger partial charge in [0, 0.05) is 5.69 Å². The largest absolute Gasteiger partial charge is 0.340 e. The number of aryl methyl sites for hydroxylation is 2. The van der Waals surface area contributed by atoms with Crippen LogP contribution in [-0.2, 0) is 9.59 Å². The molecule has 1 fully saturated rings. The van der Waals surface area contributed by atoms with Gasteiger partial charge in [-0.1, -0.05) is 13.0 Å². The number of nitrogens with zero attached hydrogens (tertiary/aromatic N) is 1. The Labute approximate surface area is 120 Å². The Morgan fingerprint density at radius 1 is 1.25 bits per heavy atom. The van der Waals surface area contributed by atoms with Gasteiger partial charge in [0.05, 0.1) is 0 Å². The third-order valence-corrected chi connectivity index (χ3v) is 4.33. The fraction of sp³-hybridized carbons (Fsp3) is 0.500. The Morgan fingerprint density at radius 2 is 1.90 bits per heavy atom. The van der Waals surface area contributed by atoms with E-state index in [1.165, 1.54) is 5.56 Å². The number of hydrogen-bond donors (Lipinski definition) is 1. The van der Waals surface area contributed by atoms with E-state index in [4.69, 9.17) is 0 Å². The van der Waals surface area contributed by atoms with Crippen molar-refractivity contribution in [2.75, 3.05) is 4.90 Å². The number of piperazine rings is 1. The van der Waals surface area contributed by atoms with E-state index in [1.54, 1.807) is 18.7 Å². The van der Waals surface area contributed by atoms with Gasteiger partial charge in [-0.05, 0) is 57.4 Å². The first-order valence-electron chi connectivity index (χ1n) is 7.03. The molecule has 0 saturated carbocycles. The molecule has 108 valence electrons. The van der Waals surface area contributed by atoms with Gasteiger partial charge in [0.1, 0.15) is 11.6 Å². The Morgan fingerprint density at radius 3 is 2.45 bits per heavy atom. The van der Waals surface area contributed by atoms with Crippen molar-refractivity contribution in [3.05, 3.63) is 29.3 Å². The van der Waals surface area contributed by atoms with E-state index >= 15 is 0 Å². The SMILES string of the molecule is CCC1(C)NC(=O)C(C)N(c2ccc(C)c(C)c2)C1=O. The lowest BCUT2D eigenvalue weighted by Crippen LogP contribution is -2.68. The molecule has 1 aromatic rings. The summed E-state index contributed by atoms with van der Waals surface area (Å²) in [7, 11) is 0. The molecule has 0 bridgehead atoms. The Hall–Kier alpha value is -1.84. The number of amides is 2. The van der Waals surface area contributed by atoms with E-state index in [-0.39, 0.29) is 11.8 Å². The predicted molar refractivity (Wildman–Crippen MR) is 79.7 cm³/mol. The molecule has 20 heavy (non-hydrogen) atoms. The summed E-state index contributed by atoms with van der Waals surface area (Å²) >= 11 is 0. The zero-order chi connectivity index (χ0) is 15.1. The normalized spacial score (nSPS) is 26.6. The number of nitrogens with one attached hydrogen (secondary N) is 1. The minimum absolute atomic E-state index is 0.0460. The molecule has 2 rings (SSSR count). The summed E-state index contributed by atoms with van der Waals surface area (Å²) in [4.78, 5) is 26.5. The minimum Gasteiger partial charge on any atom is -0.340 e. The monoisotopic (exact) mass is 274 g/mol. The van der Waals surface area contributed by atoms with Crippen LogP contribution >= 0.6 is 0 Å². The molecule has 4 nitrogen and oxygen atoms in total. The highest BCUT2D eigenvalue weighted by atomic mass is 16.2. The predicted octanol–water partition coefficient (Wildman–Crippen LogP) is 2.32. The van der Waals surface area contributed by atoms with Crippen LogP contribution in [0, 0.1) is 13.8 Å². The van der Waals surface area contributed by atoms with Gasteiger partial charge < -0.3 is 5.32 Å². The van der Waals surface area contributed by atoms with Gasteiger partial charge in [0.15, 0.2) is 0 Å². The Bertz CT molecular complexity index is 568. The van der Waals surface area contributed by atoms with Crippen molar-refractivity contribution in [1.82, 2.24) is 5.32 Å². The Balaban J connectivity index is 2.48. The van der Waals surface area contributed by atoms with Gasteiger partial charge >= 0.3 is 0 Å².